The predicted octanol–water partition coefficient (Wildman–Crippen LogP) is 2.61. The van der Waals surface area contributed by atoms with Crippen LogP contribution in [0.2, 0.25) is 0 Å². The molecule has 1 aliphatic heterocycles. The second-order valence-electron chi connectivity index (χ2n) is 5.30. The van der Waals surface area contributed by atoms with Crippen molar-refractivity contribution in [2.45, 2.75) is 31.8 Å². The molecule has 0 N–H and O–H groups in total. The van der Waals surface area contributed by atoms with E-state index in [-0.39, 0.29) is 18.1 Å². The van der Waals surface area contributed by atoms with Crippen molar-refractivity contribution in [1.82, 2.24) is 14.9 Å². The molecule has 1 amide bonds. The SMILES string of the molecule is CCC(=O)C1=C(c2ccc(OC)cc2)N(C(=O)CC)n2cnnc2S1. The van der Waals surface area contributed by atoms with Crippen molar-refractivity contribution in [3.8, 4) is 5.75 Å². The highest BCUT2D eigenvalue weighted by atomic mass is 32.2. The van der Waals surface area contributed by atoms with Gasteiger partial charge in [-0.1, -0.05) is 13.8 Å². The van der Waals surface area contributed by atoms with Crippen molar-refractivity contribution in [2.75, 3.05) is 12.1 Å². The van der Waals surface area contributed by atoms with Crippen molar-refractivity contribution >= 4 is 29.1 Å². The topological polar surface area (TPSA) is 77.3 Å². The highest BCUT2D eigenvalue weighted by Crippen LogP contribution is 2.39. The summed E-state index contributed by atoms with van der Waals surface area (Å²) in [5.41, 5.74) is 1.31. The number of carbonyl (C=O) groups excluding carboxylic acids is 2. The molecule has 8 heteroatoms. The van der Waals surface area contributed by atoms with E-state index in [9.17, 15) is 9.59 Å². The lowest BCUT2D eigenvalue weighted by atomic mass is 10.1. The minimum absolute atomic E-state index is 0.0426. The number of aromatic nitrogens is 3. The van der Waals surface area contributed by atoms with Crippen LogP contribution in [-0.4, -0.2) is 33.7 Å². The number of fused-ring (bicyclic) bond motifs is 1. The molecule has 1 aliphatic rings. The second kappa shape index (κ2) is 7.10. The molecular weight excluding hydrogens is 340 g/mol. The van der Waals surface area contributed by atoms with Crippen LogP contribution in [0.4, 0.5) is 0 Å². The first kappa shape index (κ1) is 17.2. The third-order valence-electron chi connectivity index (χ3n) is 3.81. The van der Waals surface area contributed by atoms with Gasteiger partial charge in [0.15, 0.2) is 5.78 Å². The van der Waals surface area contributed by atoms with Gasteiger partial charge in [-0.05, 0) is 36.0 Å². The minimum atomic E-state index is -0.145. The molecular formula is C17H18N4O3S. The molecule has 0 unspecified atom stereocenters. The lowest BCUT2D eigenvalue weighted by Crippen LogP contribution is -2.41. The Kier molecular flexibility index (Phi) is 4.89. The van der Waals surface area contributed by atoms with Gasteiger partial charge in [-0.3, -0.25) is 9.59 Å². The Morgan fingerprint density at radius 3 is 2.48 bits per heavy atom. The van der Waals surface area contributed by atoms with Crippen LogP contribution in [-0.2, 0) is 9.59 Å². The average molecular weight is 358 g/mol. The molecule has 0 spiro atoms. The van der Waals surface area contributed by atoms with E-state index in [0.29, 0.717) is 27.9 Å². The molecule has 25 heavy (non-hydrogen) atoms. The molecule has 2 aromatic rings. The van der Waals surface area contributed by atoms with Crippen molar-refractivity contribution in [3.63, 3.8) is 0 Å². The van der Waals surface area contributed by atoms with Gasteiger partial charge in [-0.2, -0.15) is 0 Å². The normalized spacial score (nSPS) is 13.6. The van der Waals surface area contributed by atoms with Gasteiger partial charge >= 0.3 is 0 Å². The summed E-state index contributed by atoms with van der Waals surface area (Å²) in [4.78, 5) is 25.7. The maximum atomic E-state index is 12.7. The van der Waals surface area contributed by atoms with Gasteiger partial charge in [0.05, 0.1) is 17.7 Å². The summed E-state index contributed by atoms with van der Waals surface area (Å²) in [6.45, 7) is 3.58. The van der Waals surface area contributed by atoms with E-state index in [1.165, 1.54) is 23.1 Å². The zero-order valence-corrected chi connectivity index (χ0v) is 15.0. The first-order chi connectivity index (χ1) is 12.1. The van der Waals surface area contributed by atoms with Crippen molar-refractivity contribution < 1.29 is 14.3 Å². The maximum Gasteiger partial charge on any atom is 0.246 e. The van der Waals surface area contributed by atoms with Crippen molar-refractivity contribution in [3.05, 3.63) is 41.1 Å². The van der Waals surface area contributed by atoms with Crippen LogP contribution < -0.4 is 9.75 Å². The molecule has 7 nitrogen and oxygen atoms in total. The van der Waals surface area contributed by atoms with Crippen molar-refractivity contribution in [1.29, 1.82) is 0 Å². The number of benzene rings is 1. The molecule has 2 heterocycles. The van der Waals surface area contributed by atoms with E-state index in [4.69, 9.17) is 4.74 Å². The van der Waals surface area contributed by atoms with Crippen LogP contribution in [0.1, 0.15) is 32.3 Å². The zero-order valence-electron chi connectivity index (χ0n) is 14.2. The van der Waals surface area contributed by atoms with E-state index in [2.05, 4.69) is 10.2 Å². The molecule has 3 rings (SSSR count). The van der Waals surface area contributed by atoms with Crippen LogP contribution in [0, 0.1) is 0 Å². The van der Waals surface area contributed by atoms with Gasteiger partial charge in [0.1, 0.15) is 12.1 Å². The predicted molar refractivity (Wildman–Crippen MR) is 94.6 cm³/mol. The second-order valence-corrected chi connectivity index (χ2v) is 6.28. The Labute approximate surface area is 149 Å². The number of thioether (sulfide) groups is 1. The summed E-state index contributed by atoms with van der Waals surface area (Å²) in [7, 11) is 1.59. The molecule has 0 aliphatic carbocycles. The number of rotatable bonds is 5. The summed E-state index contributed by atoms with van der Waals surface area (Å²) in [6.07, 6.45) is 2.10. The van der Waals surface area contributed by atoms with E-state index >= 15 is 0 Å². The number of methoxy groups -OCH3 is 1. The maximum absolute atomic E-state index is 12.7. The molecule has 0 saturated carbocycles. The average Bonchev–Trinajstić information content (AvgIpc) is 3.13. The largest absolute Gasteiger partial charge is 0.497 e. The third kappa shape index (κ3) is 3.05. The van der Waals surface area contributed by atoms with Gasteiger partial charge in [-0.15, -0.1) is 10.2 Å². The Hall–Kier alpha value is -2.61. The van der Waals surface area contributed by atoms with Gasteiger partial charge in [0.2, 0.25) is 11.1 Å². The summed E-state index contributed by atoms with van der Waals surface area (Å²) in [5.74, 6) is 0.516. The Morgan fingerprint density at radius 1 is 1.16 bits per heavy atom. The fourth-order valence-corrected chi connectivity index (χ4v) is 3.57. The summed E-state index contributed by atoms with van der Waals surface area (Å²) in [5, 5.41) is 9.89. The summed E-state index contributed by atoms with van der Waals surface area (Å²) in [6, 6.07) is 7.28. The van der Waals surface area contributed by atoms with Gasteiger partial charge in [0, 0.05) is 18.4 Å². The summed E-state index contributed by atoms with van der Waals surface area (Å²) < 4.78 is 6.78. The highest BCUT2D eigenvalue weighted by Gasteiger charge is 2.34. The molecule has 0 fully saturated rings. The van der Waals surface area contributed by atoms with Gasteiger partial charge in [-0.25, -0.2) is 9.69 Å². The summed E-state index contributed by atoms with van der Waals surface area (Å²) >= 11 is 1.24. The molecule has 1 aromatic heterocycles. The fraction of sp³-hybridized carbons (Fsp3) is 0.294. The number of nitrogens with zero attached hydrogens (tertiary/aromatic N) is 4. The molecule has 0 bridgehead atoms. The van der Waals surface area contributed by atoms with Crippen molar-refractivity contribution in [2.24, 2.45) is 0 Å². The number of amides is 1. The third-order valence-corrected chi connectivity index (χ3v) is 4.89. The Bertz CT molecular complexity index is 842. The lowest BCUT2D eigenvalue weighted by molar-refractivity contribution is -0.119. The molecule has 0 atom stereocenters. The standard InChI is InChI=1S/C17H18N4O3S/c1-4-13(22)16-15(11-6-8-12(24-3)9-7-11)21(14(23)5-2)20-10-18-19-17(20)25-16/h6-10H,4-5H2,1-3H3. The monoisotopic (exact) mass is 358 g/mol. The molecule has 0 radical (unpaired) electrons. The van der Waals surface area contributed by atoms with Gasteiger partial charge < -0.3 is 4.74 Å². The van der Waals surface area contributed by atoms with Crippen LogP contribution in [0.3, 0.4) is 0 Å². The number of ether oxygens (including phenoxy) is 1. The van der Waals surface area contributed by atoms with E-state index in [0.717, 1.165) is 5.56 Å². The lowest BCUT2D eigenvalue weighted by Gasteiger charge is -2.31. The number of allylic oxidation sites excluding steroid dienone is 1. The molecule has 130 valence electrons. The number of hydrogen-bond acceptors (Lipinski definition) is 6. The van der Waals surface area contributed by atoms with Crippen LogP contribution in [0.5, 0.6) is 5.75 Å². The fourth-order valence-electron chi connectivity index (χ4n) is 2.51. The number of hydrogen-bond donors (Lipinski definition) is 0. The first-order valence-electron chi connectivity index (χ1n) is 7.93. The molecule has 1 aromatic carbocycles. The van der Waals surface area contributed by atoms with E-state index < -0.39 is 0 Å². The van der Waals surface area contributed by atoms with Crippen LogP contribution in [0.25, 0.3) is 5.70 Å². The first-order valence-corrected chi connectivity index (χ1v) is 8.75. The quantitative estimate of drug-likeness (QED) is 0.818. The smallest absolute Gasteiger partial charge is 0.246 e. The number of Topliss-reactive ketones (excluding diaryl/α,β-unsaturated/α-hetero) is 1. The Morgan fingerprint density at radius 2 is 1.88 bits per heavy atom. The molecule has 0 saturated heterocycles. The van der Waals surface area contributed by atoms with E-state index in [1.54, 1.807) is 37.8 Å². The van der Waals surface area contributed by atoms with Crippen LogP contribution in [0.15, 0.2) is 40.7 Å². The highest BCUT2D eigenvalue weighted by molar-refractivity contribution is 8.04. The van der Waals surface area contributed by atoms with Crippen LogP contribution >= 0.6 is 11.8 Å². The number of carbonyl (C=O) groups is 2. The van der Waals surface area contributed by atoms with Gasteiger partial charge in [0.25, 0.3) is 0 Å². The zero-order chi connectivity index (χ0) is 18.0. The number of ketones is 1. The Balaban J connectivity index is 2.22. The minimum Gasteiger partial charge on any atom is -0.497 e. The van der Waals surface area contributed by atoms with E-state index in [1.807, 2.05) is 12.1 Å².